The van der Waals surface area contributed by atoms with Crippen LogP contribution < -0.4 is 4.72 Å². The highest BCUT2D eigenvalue weighted by molar-refractivity contribution is 9.10. The second-order valence-corrected chi connectivity index (χ2v) is 7.47. The minimum absolute atomic E-state index is 0.281. The molecule has 1 unspecified atom stereocenters. The minimum atomic E-state index is -3.46. The summed E-state index contributed by atoms with van der Waals surface area (Å²) >= 11 is 3.28. The lowest BCUT2D eigenvalue weighted by Crippen LogP contribution is -2.33. The first kappa shape index (κ1) is 13.8. The number of hydrogen-bond acceptors (Lipinski definition) is 2. The predicted octanol–water partition coefficient (Wildman–Crippen LogP) is 3.07. The fourth-order valence-electron chi connectivity index (χ4n) is 2.50. The van der Waals surface area contributed by atoms with Gasteiger partial charge in [-0.05, 0) is 45.6 Å². The Kier molecular flexibility index (Phi) is 3.67. The zero-order valence-corrected chi connectivity index (χ0v) is 13.1. The molecule has 2 aromatic rings. The van der Waals surface area contributed by atoms with Crippen molar-refractivity contribution < 1.29 is 8.42 Å². The molecule has 0 saturated heterocycles. The Hall–Kier alpha value is -1.17. The monoisotopic (exact) mass is 351 g/mol. The Balaban J connectivity index is 1.72. The second-order valence-electron chi connectivity index (χ2n) is 4.88. The van der Waals surface area contributed by atoms with Gasteiger partial charge in [-0.3, -0.25) is 0 Å². The van der Waals surface area contributed by atoms with Crippen LogP contribution >= 0.6 is 15.9 Å². The third-order valence-electron chi connectivity index (χ3n) is 3.61. The van der Waals surface area contributed by atoms with Gasteiger partial charge in [-0.25, -0.2) is 13.1 Å². The lowest BCUT2D eigenvalue weighted by Gasteiger charge is -2.30. The van der Waals surface area contributed by atoms with Crippen molar-refractivity contribution >= 4 is 26.0 Å². The maximum atomic E-state index is 12.3. The topological polar surface area (TPSA) is 46.2 Å². The maximum absolute atomic E-state index is 12.3. The van der Waals surface area contributed by atoms with Gasteiger partial charge in [0, 0.05) is 16.9 Å². The van der Waals surface area contributed by atoms with Crippen molar-refractivity contribution in [2.45, 2.75) is 17.2 Å². The van der Waals surface area contributed by atoms with Crippen LogP contribution in [0.1, 0.15) is 17.0 Å². The molecule has 104 valence electrons. The number of halogens is 1. The Morgan fingerprint density at radius 2 is 1.80 bits per heavy atom. The van der Waals surface area contributed by atoms with Gasteiger partial charge in [0.05, 0.1) is 4.90 Å². The molecule has 0 fully saturated rings. The maximum Gasteiger partial charge on any atom is 0.241 e. The van der Waals surface area contributed by atoms with Crippen LogP contribution in [0, 0.1) is 0 Å². The van der Waals surface area contributed by atoms with Crippen LogP contribution in [-0.4, -0.2) is 15.0 Å². The predicted molar refractivity (Wildman–Crippen MR) is 82.2 cm³/mol. The molecule has 0 aromatic heterocycles. The number of benzene rings is 2. The van der Waals surface area contributed by atoms with Gasteiger partial charge in [-0.2, -0.15) is 0 Å². The quantitative estimate of drug-likeness (QED) is 0.919. The van der Waals surface area contributed by atoms with Crippen LogP contribution in [0.5, 0.6) is 0 Å². The van der Waals surface area contributed by atoms with Crippen LogP contribution in [-0.2, 0) is 16.4 Å². The first-order valence-electron chi connectivity index (χ1n) is 6.40. The van der Waals surface area contributed by atoms with E-state index in [9.17, 15) is 8.42 Å². The summed E-state index contributed by atoms with van der Waals surface area (Å²) in [6.07, 6.45) is 0.939. The van der Waals surface area contributed by atoms with Gasteiger partial charge in [0.25, 0.3) is 0 Å². The Morgan fingerprint density at radius 3 is 2.55 bits per heavy atom. The van der Waals surface area contributed by atoms with Crippen LogP contribution in [0.2, 0.25) is 0 Å². The molecule has 0 bridgehead atoms. The summed E-state index contributed by atoms with van der Waals surface area (Å²) in [5.74, 6) is 0.281. The number of rotatable bonds is 4. The Labute approximate surface area is 127 Å². The SMILES string of the molecule is O=S(=O)(NCC1Cc2ccccc21)c1ccccc1Br. The van der Waals surface area contributed by atoms with E-state index in [0.29, 0.717) is 11.0 Å². The summed E-state index contributed by atoms with van der Waals surface area (Å²) in [6.45, 7) is 0.445. The van der Waals surface area contributed by atoms with Crippen molar-refractivity contribution in [2.75, 3.05) is 6.54 Å². The normalized spacial score (nSPS) is 17.4. The molecule has 0 radical (unpaired) electrons. The fraction of sp³-hybridized carbons (Fsp3) is 0.200. The average Bonchev–Trinajstić information content (AvgIpc) is 2.40. The molecule has 3 rings (SSSR count). The Bertz CT molecular complexity index is 743. The van der Waals surface area contributed by atoms with E-state index in [-0.39, 0.29) is 10.8 Å². The van der Waals surface area contributed by atoms with E-state index >= 15 is 0 Å². The standard InChI is InChI=1S/C15H14BrNO2S/c16-14-7-3-4-8-15(14)20(18,19)17-10-12-9-11-5-1-2-6-13(11)12/h1-8,12,17H,9-10H2. The van der Waals surface area contributed by atoms with Crippen molar-refractivity contribution in [1.29, 1.82) is 0 Å². The summed E-state index contributed by atoms with van der Waals surface area (Å²) in [7, 11) is -3.46. The van der Waals surface area contributed by atoms with Crippen molar-refractivity contribution in [2.24, 2.45) is 0 Å². The lowest BCUT2D eigenvalue weighted by atomic mass is 9.78. The van der Waals surface area contributed by atoms with Gasteiger partial charge >= 0.3 is 0 Å². The molecule has 0 heterocycles. The molecule has 5 heteroatoms. The third kappa shape index (κ3) is 2.53. The molecule has 1 aliphatic rings. The molecule has 20 heavy (non-hydrogen) atoms. The van der Waals surface area contributed by atoms with Crippen molar-refractivity contribution in [3.8, 4) is 0 Å². The van der Waals surface area contributed by atoms with Crippen molar-refractivity contribution in [3.63, 3.8) is 0 Å². The molecule has 1 aliphatic carbocycles. The zero-order chi connectivity index (χ0) is 14.2. The summed E-state index contributed by atoms with van der Waals surface area (Å²) in [5.41, 5.74) is 2.57. The van der Waals surface area contributed by atoms with Gasteiger partial charge in [-0.1, -0.05) is 36.4 Å². The highest BCUT2D eigenvalue weighted by Gasteiger charge is 2.27. The molecule has 0 spiro atoms. The molecular formula is C15H14BrNO2S. The van der Waals surface area contributed by atoms with Gasteiger partial charge in [0.15, 0.2) is 0 Å². The van der Waals surface area contributed by atoms with Crippen LogP contribution in [0.15, 0.2) is 57.9 Å². The number of fused-ring (bicyclic) bond motifs is 1. The van der Waals surface area contributed by atoms with E-state index in [4.69, 9.17) is 0 Å². The first-order valence-corrected chi connectivity index (χ1v) is 8.67. The van der Waals surface area contributed by atoms with Crippen LogP contribution in [0.25, 0.3) is 0 Å². The van der Waals surface area contributed by atoms with Crippen molar-refractivity contribution in [3.05, 3.63) is 64.1 Å². The molecule has 1 N–H and O–H groups in total. The van der Waals surface area contributed by atoms with Crippen LogP contribution in [0.4, 0.5) is 0 Å². The zero-order valence-electron chi connectivity index (χ0n) is 10.7. The third-order valence-corrected chi connectivity index (χ3v) is 6.04. The van der Waals surface area contributed by atoms with Gasteiger partial charge in [0.2, 0.25) is 10.0 Å². The molecular weight excluding hydrogens is 338 g/mol. The number of nitrogens with one attached hydrogen (secondary N) is 1. The van der Waals surface area contributed by atoms with Crippen LogP contribution in [0.3, 0.4) is 0 Å². The molecule has 0 saturated carbocycles. The van der Waals surface area contributed by atoms with Crippen molar-refractivity contribution in [1.82, 2.24) is 4.72 Å². The van der Waals surface area contributed by atoms with Gasteiger partial charge in [-0.15, -0.1) is 0 Å². The summed E-state index contributed by atoms with van der Waals surface area (Å²) in [4.78, 5) is 0.285. The largest absolute Gasteiger partial charge is 0.241 e. The number of sulfonamides is 1. The average molecular weight is 352 g/mol. The number of hydrogen-bond donors (Lipinski definition) is 1. The van der Waals surface area contributed by atoms with Gasteiger partial charge < -0.3 is 0 Å². The second kappa shape index (κ2) is 5.31. The van der Waals surface area contributed by atoms with E-state index < -0.39 is 10.0 Å². The Morgan fingerprint density at radius 1 is 1.10 bits per heavy atom. The van der Waals surface area contributed by atoms with Gasteiger partial charge in [0.1, 0.15) is 0 Å². The molecule has 0 amide bonds. The van der Waals surface area contributed by atoms with E-state index in [1.54, 1.807) is 24.3 Å². The van der Waals surface area contributed by atoms with E-state index in [1.165, 1.54) is 11.1 Å². The summed E-state index contributed by atoms with van der Waals surface area (Å²) in [5, 5.41) is 0. The molecule has 0 aliphatic heterocycles. The molecule has 2 aromatic carbocycles. The lowest BCUT2D eigenvalue weighted by molar-refractivity contribution is 0.551. The minimum Gasteiger partial charge on any atom is -0.210 e. The molecule has 1 atom stereocenters. The highest BCUT2D eigenvalue weighted by atomic mass is 79.9. The van der Waals surface area contributed by atoms with E-state index in [1.807, 2.05) is 12.1 Å². The van der Waals surface area contributed by atoms with E-state index in [0.717, 1.165) is 6.42 Å². The summed E-state index contributed by atoms with van der Waals surface area (Å²) in [6, 6.07) is 15.0. The highest BCUT2D eigenvalue weighted by Crippen LogP contribution is 2.34. The van der Waals surface area contributed by atoms with E-state index in [2.05, 4.69) is 32.8 Å². The molecule has 3 nitrogen and oxygen atoms in total. The fourth-order valence-corrected chi connectivity index (χ4v) is 4.58. The summed E-state index contributed by atoms with van der Waals surface area (Å²) < 4.78 is 27.8. The first-order chi connectivity index (χ1) is 9.58. The smallest absolute Gasteiger partial charge is 0.210 e.